The second kappa shape index (κ2) is 6.48. The lowest BCUT2D eigenvalue weighted by Crippen LogP contribution is -2.30. The van der Waals surface area contributed by atoms with Gasteiger partial charge in [-0.1, -0.05) is 37.9 Å². The van der Waals surface area contributed by atoms with Gasteiger partial charge in [0, 0.05) is 4.47 Å². The summed E-state index contributed by atoms with van der Waals surface area (Å²) in [5.41, 5.74) is 0. The lowest BCUT2D eigenvalue weighted by Gasteiger charge is -2.15. The molecule has 0 saturated heterocycles. The van der Waals surface area contributed by atoms with Crippen LogP contribution in [0.5, 0.6) is 5.75 Å². The molecule has 5 heteroatoms. The Labute approximate surface area is 105 Å². The van der Waals surface area contributed by atoms with Crippen LogP contribution < -0.4 is 4.74 Å². The average Bonchev–Trinajstić information content (AvgIpc) is 2.25. The van der Waals surface area contributed by atoms with Gasteiger partial charge in [0.15, 0.2) is 0 Å². The first-order chi connectivity index (χ1) is 7.13. The van der Waals surface area contributed by atoms with Crippen molar-refractivity contribution in [3.05, 3.63) is 28.7 Å². The smallest absolute Gasteiger partial charge is 0.120 e. The van der Waals surface area contributed by atoms with Crippen LogP contribution in [0.4, 0.5) is 0 Å². The van der Waals surface area contributed by atoms with E-state index >= 15 is 0 Å². The summed E-state index contributed by atoms with van der Waals surface area (Å²) < 4.78 is 6.27. The summed E-state index contributed by atoms with van der Waals surface area (Å²) in [7, 11) is 0. The molecule has 0 aliphatic heterocycles. The van der Waals surface area contributed by atoms with Gasteiger partial charge in [0.2, 0.25) is 0 Å². The first kappa shape index (κ1) is 13.0. The van der Waals surface area contributed by atoms with Gasteiger partial charge < -0.3 is 14.9 Å². The number of benzene rings is 1. The third-order valence-corrected chi connectivity index (χ3v) is 3.20. The molecule has 2 unspecified atom stereocenters. The summed E-state index contributed by atoms with van der Waals surface area (Å²) >= 11 is 6.46. The van der Waals surface area contributed by atoms with E-state index in [0.29, 0.717) is 5.75 Å². The minimum atomic E-state index is -0.728. The molecule has 1 rings (SSSR count). The zero-order valence-corrected chi connectivity index (χ0v) is 11.1. The second-order valence-corrected chi connectivity index (χ2v) is 5.13. The van der Waals surface area contributed by atoms with Crippen molar-refractivity contribution >= 4 is 31.9 Å². The van der Waals surface area contributed by atoms with Crippen LogP contribution in [0.2, 0.25) is 0 Å². The van der Waals surface area contributed by atoms with Crippen LogP contribution in [0.1, 0.15) is 0 Å². The fourth-order valence-electron chi connectivity index (χ4n) is 0.964. The number of halogens is 2. The van der Waals surface area contributed by atoms with Gasteiger partial charge in [0.1, 0.15) is 18.5 Å². The number of ether oxygens (including phenoxy) is 1. The Morgan fingerprint density at radius 3 is 2.73 bits per heavy atom. The van der Waals surface area contributed by atoms with Crippen LogP contribution in [-0.2, 0) is 0 Å². The molecule has 0 amide bonds. The van der Waals surface area contributed by atoms with Gasteiger partial charge >= 0.3 is 0 Å². The standard InChI is InChI=1S/C10H12Br2O3/c11-7-2-1-3-8(4-7)15-6-10(14)9(12)5-13/h1-4,9-10,13-14H,5-6H2. The maximum atomic E-state index is 9.50. The van der Waals surface area contributed by atoms with E-state index in [1.807, 2.05) is 18.2 Å². The van der Waals surface area contributed by atoms with Gasteiger partial charge in [0.05, 0.1) is 11.4 Å². The predicted octanol–water partition coefficient (Wildman–Crippen LogP) is 1.94. The molecule has 0 heterocycles. The monoisotopic (exact) mass is 338 g/mol. The predicted molar refractivity (Wildman–Crippen MR) is 65.4 cm³/mol. The lowest BCUT2D eigenvalue weighted by molar-refractivity contribution is 0.0897. The molecule has 0 bridgehead atoms. The van der Waals surface area contributed by atoms with Crippen LogP contribution in [0.15, 0.2) is 28.7 Å². The highest BCUT2D eigenvalue weighted by Gasteiger charge is 2.15. The van der Waals surface area contributed by atoms with Crippen molar-refractivity contribution in [1.29, 1.82) is 0 Å². The van der Waals surface area contributed by atoms with Gasteiger partial charge in [-0.2, -0.15) is 0 Å². The number of aliphatic hydroxyl groups is 2. The lowest BCUT2D eigenvalue weighted by atomic mass is 10.3. The Morgan fingerprint density at radius 1 is 1.40 bits per heavy atom. The molecule has 3 nitrogen and oxygen atoms in total. The Morgan fingerprint density at radius 2 is 2.13 bits per heavy atom. The second-order valence-electron chi connectivity index (χ2n) is 3.03. The Balaban J connectivity index is 2.43. The van der Waals surface area contributed by atoms with E-state index in [0.717, 1.165) is 4.47 Å². The van der Waals surface area contributed by atoms with Crippen LogP contribution >= 0.6 is 31.9 Å². The summed E-state index contributed by atoms with van der Waals surface area (Å²) in [6, 6.07) is 7.36. The highest BCUT2D eigenvalue weighted by Crippen LogP contribution is 2.18. The molecule has 0 saturated carbocycles. The molecule has 0 aliphatic carbocycles. The van der Waals surface area contributed by atoms with Crippen molar-refractivity contribution in [3.8, 4) is 5.75 Å². The highest BCUT2D eigenvalue weighted by atomic mass is 79.9. The van der Waals surface area contributed by atoms with Crippen molar-refractivity contribution < 1.29 is 14.9 Å². The van der Waals surface area contributed by atoms with Crippen molar-refractivity contribution in [3.63, 3.8) is 0 Å². The molecule has 2 N–H and O–H groups in total. The van der Waals surface area contributed by atoms with E-state index in [1.54, 1.807) is 6.07 Å². The molecule has 15 heavy (non-hydrogen) atoms. The molecule has 84 valence electrons. The summed E-state index contributed by atoms with van der Waals surface area (Å²) in [6.07, 6.45) is -0.728. The van der Waals surface area contributed by atoms with Crippen LogP contribution in [-0.4, -0.2) is 34.4 Å². The van der Waals surface area contributed by atoms with Gasteiger partial charge in [0.25, 0.3) is 0 Å². The van der Waals surface area contributed by atoms with Crippen LogP contribution in [0.25, 0.3) is 0 Å². The maximum absolute atomic E-state index is 9.50. The summed E-state index contributed by atoms with van der Waals surface area (Å²) in [5, 5.41) is 18.3. The maximum Gasteiger partial charge on any atom is 0.120 e. The summed E-state index contributed by atoms with van der Waals surface area (Å²) in [4.78, 5) is -0.357. The summed E-state index contributed by atoms with van der Waals surface area (Å²) in [5.74, 6) is 0.682. The Bertz CT molecular complexity index is 306. The Hall–Kier alpha value is -0.100. The fourth-order valence-corrected chi connectivity index (χ4v) is 1.50. The zero-order chi connectivity index (χ0) is 11.3. The van der Waals surface area contributed by atoms with Crippen molar-refractivity contribution in [2.45, 2.75) is 10.9 Å². The van der Waals surface area contributed by atoms with E-state index in [4.69, 9.17) is 9.84 Å². The third-order valence-electron chi connectivity index (χ3n) is 1.81. The van der Waals surface area contributed by atoms with Crippen molar-refractivity contribution in [2.24, 2.45) is 0 Å². The fraction of sp³-hybridized carbons (Fsp3) is 0.400. The Kier molecular flexibility index (Phi) is 5.60. The third kappa shape index (κ3) is 4.51. The number of aliphatic hydroxyl groups excluding tert-OH is 2. The number of hydrogen-bond donors (Lipinski definition) is 2. The molecular formula is C10H12Br2O3. The molecule has 0 radical (unpaired) electrons. The molecule has 0 aromatic heterocycles. The van der Waals surface area contributed by atoms with E-state index in [-0.39, 0.29) is 18.0 Å². The average molecular weight is 340 g/mol. The van der Waals surface area contributed by atoms with E-state index in [2.05, 4.69) is 31.9 Å². The van der Waals surface area contributed by atoms with Crippen LogP contribution in [0.3, 0.4) is 0 Å². The number of rotatable bonds is 5. The van der Waals surface area contributed by atoms with Crippen molar-refractivity contribution in [1.82, 2.24) is 0 Å². The van der Waals surface area contributed by atoms with Gasteiger partial charge in [-0.15, -0.1) is 0 Å². The van der Waals surface area contributed by atoms with Gasteiger partial charge in [-0.05, 0) is 18.2 Å². The molecule has 2 atom stereocenters. The van der Waals surface area contributed by atoms with E-state index in [1.165, 1.54) is 0 Å². The number of hydrogen-bond acceptors (Lipinski definition) is 3. The topological polar surface area (TPSA) is 49.7 Å². The zero-order valence-electron chi connectivity index (χ0n) is 7.94. The van der Waals surface area contributed by atoms with Gasteiger partial charge in [-0.25, -0.2) is 0 Å². The minimum Gasteiger partial charge on any atom is -0.491 e. The first-order valence-corrected chi connectivity index (χ1v) is 6.15. The van der Waals surface area contributed by atoms with Crippen LogP contribution in [0, 0.1) is 0 Å². The van der Waals surface area contributed by atoms with E-state index in [9.17, 15) is 5.11 Å². The van der Waals surface area contributed by atoms with Gasteiger partial charge in [-0.3, -0.25) is 0 Å². The quantitative estimate of drug-likeness (QED) is 0.806. The normalized spacial score (nSPS) is 14.7. The minimum absolute atomic E-state index is 0.122. The summed E-state index contributed by atoms with van der Waals surface area (Å²) in [6.45, 7) is 0.0238. The molecule has 0 aliphatic rings. The first-order valence-electron chi connectivity index (χ1n) is 4.45. The molecule has 1 aromatic carbocycles. The van der Waals surface area contributed by atoms with E-state index < -0.39 is 6.10 Å². The SMILES string of the molecule is OCC(Br)C(O)COc1cccc(Br)c1. The van der Waals surface area contributed by atoms with Crippen molar-refractivity contribution in [2.75, 3.05) is 13.2 Å². The highest BCUT2D eigenvalue weighted by molar-refractivity contribution is 9.10. The molecular weight excluding hydrogens is 328 g/mol. The largest absolute Gasteiger partial charge is 0.491 e. The molecule has 0 fully saturated rings. The molecule has 0 spiro atoms. The molecule has 1 aromatic rings. The number of alkyl halides is 1.